The van der Waals surface area contributed by atoms with Crippen LogP contribution < -0.4 is 10.6 Å². The molecule has 27 heavy (non-hydrogen) atoms. The molecule has 1 aromatic carbocycles. The van der Waals surface area contributed by atoms with Gasteiger partial charge in [0, 0.05) is 12.3 Å². The smallest absolute Gasteiger partial charge is 0.412 e. The van der Waals surface area contributed by atoms with E-state index in [4.69, 9.17) is 16.3 Å². The van der Waals surface area contributed by atoms with Gasteiger partial charge in [-0.2, -0.15) is 0 Å². The van der Waals surface area contributed by atoms with Crippen molar-refractivity contribution in [3.05, 3.63) is 35.2 Å². The molecule has 1 amide bonds. The lowest BCUT2D eigenvalue weighted by molar-refractivity contribution is 0.0636. The first-order chi connectivity index (χ1) is 12.3. The van der Waals surface area contributed by atoms with Crippen LogP contribution in [0.4, 0.5) is 26.4 Å². The number of nitrogens with zero attached hydrogens (tertiary/aromatic N) is 2. The van der Waals surface area contributed by atoms with Crippen molar-refractivity contribution in [1.29, 1.82) is 0 Å². The number of benzene rings is 1. The van der Waals surface area contributed by atoms with Crippen LogP contribution in [0.3, 0.4) is 0 Å². The Bertz CT molecular complexity index is 977. The molecule has 0 spiro atoms. The quantitative estimate of drug-likeness (QED) is 0.576. The zero-order valence-corrected chi connectivity index (χ0v) is 16.6. The van der Waals surface area contributed by atoms with Gasteiger partial charge >= 0.3 is 6.09 Å². The van der Waals surface area contributed by atoms with E-state index < -0.39 is 32.5 Å². The highest BCUT2D eigenvalue weighted by Gasteiger charge is 2.18. The van der Waals surface area contributed by atoms with E-state index >= 15 is 0 Å². The average Bonchev–Trinajstić information content (AvgIpc) is 2.46. The summed E-state index contributed by atoms with van der Waals surface area (Å²) in [4.78, 5) is 19.5. The molecular formula is C16H18ClFN4O4S. The zero-order valence-electron chi connectivity index (χ0n) is 15.0. The lowest BCUT2D eigenvalue weighted by Crippen LogP contribution is -2.27. The molecule has 0 aliphatic heterocycles. The Morgan fingerprint density at radius 3 is 2.44 bits per heavy atom. The predicted molar refractivity (Wildman–Crippen MR) is 99.7 cm³/mol. The lowest BCUT2D eigenvalue weighted by atomic mass is 10.2. The summed E-state index contributed by atoms with van der Waals surface area (Å²) in [7, 11) is -3.71. The number of amides is 1. The molecule has 0 saturated carbocycles. The van der Waals surface area contributed by atoms with Crippen LogP contribution in [0.15, 0.2) is 29.4 Å². The Hall–Kier alpha value is -2.46. The van der Waals surface area contributed by atoms with Crippen LogP contribution >= 0.6 is 11.6 Å². The van der Waals surface area contributed by atoms with Gasteiger partial charge in [0.1, 0.15) is 22.4 Å². The van der Waals surface area contributed by atoms with Crippen LogP contribution in [-0.2, 0) is 14.6 Å². The van der Waals surface area contributed by atoms with Crippen LogP contribution in [0.1, 0.15) is 20.8 Å². The lowest BCUT2D eigenvalue weighted by Gasteiger charge is -2.20. The maximum Gasteiger partial charge on any atom is 0.412 e. The summed E-state index contributed by atoms with van der Waals surface area (Å²) in [6.45, 7) is 5.10. The molecule has 0 saturated heterocycles. The molecule has 11 heteroatoms. The number of ether oxygens (including phenoxy) is 1. The van der Waals surface area contributed by atoms with E-state index in [1.54, 1.807) is 20.8 Å². The molecular weight excluding hydrogens is 399 g/mol. The highest BCUT2D eigenvalue weighted by atomic mass is 35.5. The van der Waals surface area contributed by atoms with Gasteiger partial charge in [0.25, 0.3) is 0 Å². The van der Waals surface area contributed by atoms with Gasteiger partial charge in [-0.3, -0.25) is 5.32 Å². The number of hydrogen-bond donors (Lipinski definition) is 2. The highest BCUT2D eigenvalue weighted by Crippen LogP contribution is 2.27. The standard InChI is InChI=1S/C16H18ClFN4O4S/c1-16(2,3)26-15(23)20-10-6-5-9(18)7-11(10)19-13-8-12(17)21-14(22-13)27(4,24)25/h5-8H,1-4H3,(H,20,23)(H,19,21,22). The number of rotatable bonds is 4. The molecule has 0 aliphatic carbocycles. The van der Waals surface area contributed by atoms with Crippen molar-refractivity contribution < 1.29 is 22.3 Å². The van der Waals surface area contributed by atoms with E-state index in [1.807, 2.05) is 0 Å². The van der Waals surface area contributed by atoms with E-state index in [1.165, 1.54) is 12.1 Å². The Morgan fingerprint density at radius 2 is 1.85 bits per heavy atom. The van der Waals surface area contributed by atoms with Gasteiger partial charge in [-0.1, -0.05) is 11.6 Å². The topological polar surface area (TPSA) is 110 Å². The fourth-order valence-corrected chi connectivity index (χ4v) is 2.67. The largest absolute Gasteiger partial charge is 0.444 e. The van der Waals surface area contributed by atoms with Crippen LogP contribution in [0.2, 0.25) is 5.15 Å². The van der Waals surface area contributed by atoms with Crippen molar-refractivity contribution in [1.82, 2.24) is 9.97 Å². The normalized spacial score (nSPS) is 11.8. The van der Waals surface area contributed by atoms with Gasteiger partial charge in [0.05, 0.1) is 11.4 Å². The number of hydrogen-bond acceptors (Lipinski definition) is 7. The SMILES string of the molecule is CC(C)(C)OC(=O)Nc1ccc(F)cc1Nc1cc(Cl)nc(S(C)(=O)=O)n1. The highest BCUT2D eigenvalue weighted by molar-refractivity contribution is 7.90. The number of carbonyl (C=O) groups excluding carboxylic acids is 1. The van der Waals surface area contributed by atoms with Gasteiger partial charge < -0.3 is 10.1 Å². The van der Waals surface area contributed by atoms with E-state index in [0.29, 0.717) is 0 Å². The summed E-state index contributed by atoms with van der Waals surface area (Å²) in [6, 6.07) is 4.83. The number of nitrogens with one attached hydrogen (secondary N) is 2. The fourth-order valence-electron chi connectivity index (χ4n) is 1.91. The molecule has 2 aromatic rings. The predicted octanol–water partition coefficient (Wildman–Crippen LogP) is 3.76. The second-order valence-corrected chi connectivity index (χ2v) is 8.87. The molecule has 8 nitrogen and oxygen atoms in total. The Labute approximate surface area is 161 Å². The van der Waals surface area contributed by atoms with E-state index in [9.17, 15) is 17.6 Å². The monoisotopic (exact) mass is 416 g/mol. The van der Waals surface area contributed by atoms with E-state index in [0.717, 1.165) is 18.4 Å². The molecule has 0 atom stereocenters. The molecule has 0 fully saturated rings. The second-order valence-electron chi connectivity index (χ2n) is 6.57. The van der Waals surface area contributed by atoms with Crippen LogP contribution in [0, 0.1) is 5.82 Å². The summed E-state index contributed by atoms with van der Waals surface area (Å²) in [6.07, 6.45) is 0.190. The summed E-state index contributed by atoms with van der Waals surface area (Å²) < 4.78 is 42.1. The number of sulfone groups is 1. The summed E-state index contributed by atoms with van der Waals surface area (Å²) >= 11 is 5.83. The molecule has 0 unspecified atom stereocenters. The van der Waals surface area contributed by atoms with Gasteiger partial charge in [0.15, 0.2) is 0 Å². The van der Waals surface area contributed by atoms with Crippen molar-refractivity contribution in [2.75, 3.05) is 16.9 Å². The molecule has 146 valence electrons. The van der Waals surface area contributed by atoms with Gasteiger partial charge in [-0.15, -0.1) is 0 Å². The first kappa shape index (κ1) is 20.8. The molecule has 1 heterocycles. The van der Waals surface area contributed by atoms with E-state index in [2.05, 4.69) is 20.6 Å². The number of carbonyl (C=O) groups is 1. The summed E-state index contributed by atoms with van der Waals surface area (Å²) in [5.74, 6) is -0.580. The Balaban J connectivity index is 2.35. The van der Waals surface area contributed by atoms with Gasteiger partial charge in [-0.05, 0) is 39.0 Å². The van der Waals surface area contributed by atoms with Crippen LogP contribution in [0.25, 0.3) is 0 Å². The van der Waals surface area contributed by atoms with Crippen LogP contribution in [0.5, 0.6) is 0 Å². The Kier molecular flexibility index (Phi) is 5.91. The second kappa shape index (κ2) is 7.65. The maximum absolute atomic E-state index is 13.7. The molecule has 2 N–H and O–H groups in total. The minimum Gasteiger partial charge on any atom is -0.444 e. The van der Waals surface area contributed by atoms with Gasteiger partial charge in [0.2, 0.25) is 15.0 Å². The average molecular weight is 417 g/mol. The van der Waals surface area contributed by atoms with Gasteiger partial charge in [-0.25, -0.2) is 27.6 Å². The molecule has 0 bridgehead atoms. The number of anilines is 3. The summed E-state index contributed by atoms with van der Waals surface area (Å²) in [5.41, 5.74) is -0.404. The van der Waals surface area contributed by atoms with Crippen molar-refractivity contribution in [2.24, 2.45) is 0 Å². The van der Waals surface area contributed by atoms with Crippen LogP contribution in [-0.4, -0.2) is 36.3 Å². The number of aromatic nitrogens is 2. The Morgan fingerprint density at radius 1 is 1.19 bits per heavy atom. The minimum atomic E-state index is -3.71. The summed E-state index contributed by atoms with van der Waals surface area (Å²) in [5, 5.41) is 4.60. The third-order valence-corrected chi connectivity index (χ3v) is 3.93. The first-order valence-electron chi connectivity index (χ1n) is 7.65. The minimum absolute atomic E-state index is 0.00765. The first-order valence-corrected chi connectivity index (χ1v) is 9.92. The molecule has 1 aromatic heterocycles. The fraction of sp³-hybridized carbons (Fsp3) is 0.312. The maximum atomic E-state index is 13.7. The van der Waals surface area contributed by atoms with Crippen molar-refractivity contribution >= 4 is 44.7 Å². The molecule has 0 radical (unpaired) electrons. The molecule has 0 aliphatic rings. The van der Waals surface area contributed by atoms with Crippen molar-refractivity contribution in [2.45, 2.75) is 31.5 Å². The van der Waals surface area contributed by atoms with E-state index in [-0.39, 0.29) is 22.3 Å². The third-order valence-electron chi connectivity index (χ3n) is 2.89. The molecule has 2 rings (SSSR count). The van der Waals surface area contributed by atoms with Crippen molar-refractivity contribution in [3.63, 3.8) is 0 Å². The third kappa shape index (κ3) is 6.33. The zero-order chi connectivity index (χ0) is 20.4. The number of halogens is 2. The van der Waals surface area contributed by atoms with Crippen molar-refractivity contribution in [3.8, 4) is 0 Å².